The lowest BCUT2D eigenvalue weighted by Crippen LogP contribution is -2.33. The monoisotopic (exact) mass is 1380 g/mol. The quantitative estimate of drug-likeness (QED) is 0.0949. The minimum absolute atomic E-state index is 0.627. The highest BCUT2D eigenvalue weighted by Crippen LogP contribution is 2.41. The van der Waals surface area contributed by atoms with Gasteiger partial charge in [0.25, 0.3) is 0 Å². The Morgan fingerprint density at radius 2 is 0.265 bits per heavy atom. The van der Waals surface area contributed by atoms with E-state index >= 15 is 0 Å². The van der Waals surface area contributed by atoms with Crippen LogP contribution in [0.25, 0.3) is 33.4 Å². The average Bonchev–Trinajstić information content (AvgIpc) is 0.789. The van der Waals surface area contributed by atoms with Gasteiger partial charge in [0.1, 0.15) is 0 Å². The van der Waals surface area contributed by atoms with Gasteiger partial charge in [0, 0.05) is 45.1 Å². The van der Waals surface area contributed by atoms with Gasteiger partial charge in [-0.25, -0.2) is 0 Å². The molecule has 0 spiro atoms. The largest absolute Gasteiger partial charge is 0.323 e. The topological polar surface area (TPSA) is 13.0 Å². The normalized spacial score (nSPS) is 8.37. The van der Waals surface area contributed by atoms with Crippen LogP contribution in [0.1, 0.15) is 208 Å². The second kappa shape index (κ2) is 77.4. The summed E-state index contributed by atoms with van der Waals surface area (Å²) in [4.78, 5) is 9.57. The molecule has 0 aliphatic heterocycles. The minimum atomic E-state index is 0.627. The van der Waals surface area contributed by atoms with Crippen LogP contribution >= 0.6 is 0 Å². The molecule has 102 heavy (non-hydrogen) atoms. The number of para-hydroxylation sites is 8. The molecule has 4 heteroatoms. The van der Waals surface area contributed by atoms with Crippen molar-refractivity contribution in [3.05, 3.63) is 315 Å². The molecule has 4 nitrogen and oxygen atoms in total. The summed E-state index contributed by atoms with van der Waals surface area (Å²) in [6, 6.07) is 111. The number of anilines is 8. The average molecular weight is 1380 g/mol. The number of rotatable bonds is 15. The summed E-state index contributed by atoms with van der Waals surface area (Å²) < 4.78 is 0. The fourth-order valence-electron chi connectivity index (χ4n) is 9.24. The third-order valence-electron chi connectivity index (χ3n) is 12.7. The van der Waals surface area contributed by atoms with Gasteiger partial charge in [0.15, 0.2) is 0 Å². The molecule has 0 amide bonds. The first-order valence-corrected chi connectivity index (χ1v) is 39.6. The Balaban J connectivity index is -0.000000332. The van der Waals surface area contributed by atoms with Gasteiger partial charge < -0.3 is 19.6 Å². The molecule has 11 aromatic carbocycles. The maximum atomic E-state index is 2.41. The van der Waals surface area contributed by atoms with Crippen molar-refractivity contribution in [1.82, 2.24) is 0 Å². The highest BCUT2D eigenvalue weighted by molar-refractivity contribution is 5.87. The van der Waals surface area contributed by atoms with Crippen molar-refractivity contribution in [2.75, 3.05) is 32.9 Å². The molecule has 0 radical (unpaired) electrons. The Bertz CT molecular complexity index is 3180. The molecule has 0 saturated carbocycles. The lowest BCUT2D eigenvalue weighted by molar-refractivity contribution is 0.926. The Kier molecular flexibility index (Phi) is 78.6. The zero-order valence-electron chi connectivity index (χ0n) is 70.2. The van der Waals surface area contributed by atoms with Gasteiger partial charge >= 0.3 is 0 Å². The van der Waals surface area contributed by atoms with Gasteiger partial charge in [0.05, 0.1) is 30.4 Å². The van der Waals surface area contributed by atoms with Crippen LogP contribution in [0.2, 0.25) is 0 Å². The van der Waals surface area contributed by atoms with Crippen LogP contribution in [-0.2, 0) is 0 Å². The van der Waals surface area contributed by atoms with E-state index in [1.807, 2.05) is 208 Å². The van der Waals surface area contributed by atoms with Crippen LogP contribution in [0.3, 0.4) is 0 Å². The van der Waals surface area contributed by atoms with Crippen molar-refractivity contribution >= 4 is 45.5 Å². The SMILES string of the molecule is CC.CC.CC.CC.CC.CC.CC.CC.CC.CC.CC.CC.CC.CC.CC.c1ccc(-c2ccccc2N(CN(c2ccccc2)c2ccccc2)c2ccccc2)cc1.c1ccc(-c2ccccc2N(CN(c2ccccc2)c2ccccc2-c2ccccc2)c2ccccc2)cc1. The molecule has 0 fully saturated rings. The molecule has 0 aromatic heterocycles. The van der Waals surface area contributed by atoms with Crippen molar-refractivity contribution < 1.29 is 0 Å². The zero-order valence-corrected chi connectivity index (χ0v) is 70.2. The second-order valence-electron chi connectivity index (χ2n) is 17.3. The highest BCUT2D eigenvalue weighted by atomic mass is 15.3. The number of hydrogen-bond acceptors (Lipinski definition) is 4. The van der Waals surface area contributed by atoms with Gasteiger partial charge in [-0.15, -0.1) is 0 Å². The maximum absolute atomic E-state index is 2.41. The maximum Gasteiger partial charge on any atom is 0.1000 e. The third kappa shape index (κ3) is 37.3. The molecule has 0 atom stereocenters. The molecule has 0 aliphatic carbocycles. The van der Waals surface area contributed by atoms with E-state index in [4.69, 9.17) is 0 Å². The van der Waals surface area contributed by atoms with E-state index in [2.05, 4.69) is 335 Å². The van der Waals surface area contributed by atoms with Gasteiger partial charge in [-0.2, -0.15) is 0 Å². The van der Waals surface area contributed by atoms with Gasteiger partial charge in [-0.3, -0.25) is 0 Å². The summed E-state index contributed by atoms with van der Waals surface area (Å²) in [5.41, 5.74) is 16.4. The van der Waals surface area contributed by atoms with Crippen LogP contribution in [0.4, 0.5) is 45.5 Å². The van der Waals surface area contributed by atoms with E-state index in [9.17, 15) is 0 Å². The van der Waals surface area contributed by atoms with Crippen LogP contribution in [-0.4, -0.2) is 13.3 Å². The van der Waals surface area contributed by atoms with Gasteiger partial charge in [-0.05, 0) is 95.6 Å². The first-order chi connectivity index (χ1) is 50.8. The molecule has 0 unspecified atom stereocenters. The van der Waals surface area contributed by atoms with Crippen molar-refractivity contribution in [1.29, 1.82) is 0 Å². The molecule has 0 aliphatic rings. The molecular formula is C98H146N4. The van der Waals surface area contributed by atoms with E-state index in [0.29, 0.717) is 13.3 Å². The molecule has 11 rings (SSSR count). The molecule has 11 aromatic rings. The Morgan fingerprint density at radius 3 is 0.441 bits per heavy atom. The van der Waals surface area contributed by atoms with E-state index < -0.39 is 0 Å². The summed E-state index contributed by atoms with van der Waals surface area (Å²) in [6.07, 6.45) is 0. The van der Waals surface area contributed by atoms with Crippen LogP contribution < -0.4 is 19.6 Å². The molecule has 0 saturated heterocycles. The van der Waals surface area contributed by atoms with E-state index in [0.717, 1.165) is 39.8 Å². The van der Waals surface area contributed by atoms with Crippen LogP contribution in [0.15, 0.2) is 315 Å². The molecule has 0 N–H and O–H groups in total. The molecule has 0 bridgehead atoms. The Morgan fingerprint density at radius 1 is 0.137 bits per heavy atom. The van der Waals surface area contributed by atoms with E-state index in [-0.39, 0.29) is 0 Å². The summed E-state index contributed by atoms with van der Waals surface area (Å²) in [7, 11) is 0. The third-order valence-corrected chi connectivity index (χ3v) is 12.7. The van der Waals surface area contributed by atoms with Crippen LogP contribution in [0, 0.1) is 0 Å². The summed E-state index contributed by atoms with van der Waals surface area (Å²) in [6.45, 7) is 61.3. The second-order valence-corrected chi connectivity index (χ2v) is 17.3. The predicted octanol–water partition coefficient (Wildman–Crippen LogP) is 33.6. The summed E-state index contributed by atoms with van der Waals surface area (Å²) >= 11 is 0. The Labute approximate surface area is 631 Å². The lowest BCUT2D eigenvalue weighted by Gasteiger charge is -2.36. The standard InChI is InChI=1S/C37H30N2.C31H26N2.15C2H6/c1-5-17-30(18-6-1)34-25-13-15-27-36(34)38(32-21-9-3-10-22-32)29-39(33-23-11-4-12-24-33)37-28-16-14-26-35(37)31-19-7-2-8-20-31;1-5-15-26(16-6-1)30-23-13-14-24-31(30)33(29-21-11-4-12-22-29)25-32(27-17-7-2-8-18-27)28-19-9-3-10-20-28;15*1-2/h1-28H,29H2;1-24H,25H2;15*1-2H3. The molecule has 558 valence electrons. The smallest absolute Gasteiger partial charge is 0.1000 e. The van der Waals surface area contributed by atoms with Gasteiger partial charge in [-0.1, -0.05) is 444 Å². The predicted molar refractivity (Wildman–Crippen MR) is 476 cm³/mol. The Hall–Kier alpha value is -9.38. The lowest BCUT2D eigenvalue weighted by atomic mass is 10.0. The first-order valence-electron chi connectivity index (χ1n) is 39.6. The van der Waals surface area contributed by atoms with Crippen molar-refractivity contribution in [3.63, 3.8) is 0 Å². The summed E-state index contributed by atoms with van der Waals surface area (Å²) in [5, 5.41) is 0. The fourth-order valence-corrected chi connectivity index (χ4v) is 9.24. The van der Waals surface area contributed by atoms with E-state index in [1.165, 1.54) is 39.1 Å². The van der Waals surface area contributed by atoms with Crippen molar-refractivity contribution in [3.8, 4) is 33.4 Å². The van der Waals surface area contributed by atoms with E-state index in [1.54, 1.807) is 0 Å². The number of nitrogens with zero attached hydrogens (tertiary/aromatic N) is 4. The fraction of sp³-hybridized carbons (Fsp3) is 0.327. The summed E-state index contributed by atoms with van der Waals surface area (Å²) in [5.74, 6) is 0. The van der Waals surface area contributed by atoms with Crippen molar-refractivity contribution in [2.45, 2.75) is 208 Å². The minimum Gasteiger partial charge on any atom is -0.323 e. The molecule has 0 heterocycles. The number of benzene rings is 11. The zero-order chi connectivity index (χ0) is 78.6. The number of hydrogen-bond donors (Lipinski definition) is 0. The molecular weight excluding hydrogens is 1230 g/mol. The van der Waals surface area contributed by atoms with Gasteiger partial charge in [0.2, 0.25) is 0 Å². The van der Waals surface area contributed by atoms with Crippen molar-refractivity contribution in [2.24, 2.45) is 0 Å². The highest BCUT2D eigenvalue weighted by Gasteiger charge is 2.23. The first kappa shape index (κ1) is 104. The van der Waals surface area contributed by atoms with Crippen LogP contribution in [0.5, 0.6) is 0 Å².